The normalized spacial score (nSPS) is 24.0. The van der Waals surface area contributed by atoms with E-state index in [1.165, 1.54) is 0 Å². The fraction of sp³-hybridized carbons (Fsp3) is 0.476. The summed E-state index contributed by atoms with van der Waals surface area (Å²) in [6.07, 6.45) is 2.21. The molecule has 4 heteroatoms. The predicted octanol–water partition coefficient (Wildman–Crippen LogP) is 5.32. The summed E-state index contributed by atoms with van der Waals surface area (Å²) >= 11 is 0. The van der Waals surface area contributed by atoms with Crippen LogP contribution < -0.4 is 4.74 Å². The molecule has 25 heavy (non-hydrogen) atoms. The quantitative estimate of drug-likeness (QED) is 0.594. The summed E-state index contributed by atoms with van der Waals surface area (Å²) in [5, 5.41) is 12.6. The van der Waals surface area contributed by atoms with Gasteiger partial charge in [0.15, 0.2) is 0 Å². The molecule has 2 atom stereocenters. The van der Waals surface area contributed by atoms with E-state index in [1.807, 2.05) is 25.1 Å². The number of rotatable bonds is 2. The van der Waals surface area contributed by atoms with Crippen LogP contribution in [0.5, 0.6) is 11.5 Å². The molecule has 0 aromatic heterocycles. The maximum absolute atomic E-state index is 12.2. The van der Waals surface area contributed by atoms with Gasteiger partial charge >= 0.3 is 6.16 Å². The molecular weight excluding hydrogens is 316 g/mol. The van der Waals surface area contributed by atoms with E-state index in [2.05, 4.69) is 6.92 Å². The fourth-order valence-electron chi connectivity index (χ4n) is 4.80. The van der Waals surface area contributed by atoms with Gasteiger partial charge in [-0.15, -0.1) is 0 Å². The summed E-state index contributed by atoms with van der Waals surface area (Å²) < 4.78 is 11.0. The lowest BCUT2D eigenvalue weighted by atomic mass is 9.78. The molecule has 0 aliphatic heterocycles. The second-order valence-electron chi connectivity index (χ2n) is 7.98. The van der Waals surface area contributed by atoms with E-state index < -0.39 is 6.16 Å². The summed E-state index contributed by atoms with van der Waals surface area (Å²) in [4.78, 5) is 12.2. The Balaban J connectivity index is 1.99. The third-order valence-electron chi connectivity index (χ3n) is 5.78. The van der Waals surface area contributed by atoms with Crippen LogP contribution >= 0.6 is 0 Å². The number of ether oxygens (including phenoxy) is 2. The van der Waals surface area contributed by atoms with Crippen molar-refractivity contribution in [2.24, 2.45) is 0 Å². The van der Waals surface area contributed by atoms with Gasteiger partial charge in [0.1, 0.15) is 11.5 Å². The molecule has 1 N–H and O–H groups in total. The molecule has 0 amide bonds. The van der Waals surface area contributed by atoms with Crippen LogP contribution in [0.4, 0.5) is 4.79 Å². The van der Waals surface area contributed by atoms with Gasteiger partial charge < -0.3 is 14.6 Å². The SMILES string of the molecule is Cc1cccc2c(O)c3c(c(OC(=O)OC(C)C)c12)C1CCC3(C)C1. The first-order chi connectivity index (χ1) is 11.8. The third kappa shape index (κ3) is 2.30. The molecule has 2 aliphatic carbocycles. The van der Waals surface area contributed by atoms with Crippen molar-refractivity contribution in [2.45, 2.75) is 64.4 Å². The van der Waals surface area contributed by atoms with Gasteiger partial charge in [0, 0.05) is 21.9 Å². The van der Waals surface area contributed by atoms with Crippen LogP contribution in [0.15, 0.2) is 18.2 Å². The molecule has 0 heterocycles. The van der Waals surface area contributed by atoms with Crippen molar-refractivity contribution in [1.29, 1.82) is 0 Å². The minimum atomic E-state index is -0.680. The molecule has 2 aromatic rings. The van der Waals surface area contributed by atoms with Crippen LogP contribution in [-0.4, -0.2) is 17.4 Å². The first-order valence-corrected chi connectivity index (χ1v) is 8.99. The standard InChI is InChI=1S/C21H24O4/c1-11(2)24-20(23)25-19-15-12(3)6-5-7-14(15)18(22)17-16(19)13-8-9-21(17,4)10-13/h5-7,11,13,22H,8-10H2,1-4H3. The number of hydrogen-bond acceptors (Lipinski definition) is 4. The predicted molar refractivity (Wildman–Crippen MR) is 96.5 cm³/mol. The van der Waals surface area contributed by atoms with Crippen molar-refractivity contribution in [3.63, 3.8) is 0 Å². The van der Waals surface area contributed by atoms with Crippen LogP contribution in [-0.2, 0) is 10.2 Å². The molecule has 4 nitrogen and oxygen atoms in total. The van der Waals surface area contributed by atoms with Gasteiger partial charge in [-0.05, 0) is 56.9 Å². The second-order valence-corrected chi connectivity index (χ2v) is 7.98. The van der Waals surface area contributed by atoms with Gasteiger partial charge in [-0.1, -0.05) is 25.1 Å². The number of aromatic hydroxyl groups is 1. The highest BCUT2D eigenvalue weighted by Crippen LogP contribution is 2.63. The Bertz CT molecular complexity index is 883. The van der Waals surface area contributed by atoms with E-state index in [4.69, 9.17) is 9.47 Å². The lowest BCUT2D eigenvalue weighted by molar-refractivity contribution is 0.0729. The fourth-order valence-corrected chi connectivity index (χ4v) is 4.80. The summed E-state index contributed by atoms with van der Waals surface area (Å²) in [5.41, 5.74) is 2.92. The number of fused-ring (bicyclic) bond motifs is 6. The van der Waals surface area contributed by atoms with Crippen molar-refractivity contribution in [2.75, 3.05) is 0 Å². The molecular formula is C21H24O4. The zero-order chi connectivity index (χ0) is 17.9. The molecule has 0 radical (unpaired) electrons. The lowest BCUT2D eigenvalue weighted by Crippen LogP contribution is -2.19. The van der Waals surface area contributed by atoms with Crippen molar-refractivity contribution >= 4 is 16.9 Å². The molecule has 4 rings (SSSR count). The van der Waals surface area contributed by atoms with E-state index in [9.17, 15) is 9.90 Å². The summed E-state index contributed by atoms with van der Waals surface area (Å²) in [7, 11) is 0. The van der Waals surface area contributed by atoms with Crippen molar-refractivity contribution in [3.8, 4) is 11.5 Å². The topological polar surface area (TPSA) is 55.8 Å². The van der Waals surface area contributed by atoms with E-state index >= 15 is 0 Å². The highest BCUT2D eigenvalue weighted by molar-refractivity contribution is 6.00. The number of carbonyl (C=O) groups is 1. The molecule has 2 aliphatic rings. The van der Waals surface area contributed by atoms with E-state index in [-0.39, 0.29) is 11.5 Å². The zero-order valence-electron chi connectivity index (χ0n) is 15.2. The Morgan fingerprint density at radius 1 is 1.36 bits per heavy atom. The number of phenols is 1. The number of hydrogen-bond donors (Lipinski definition) is 1. The lowest BCUT2D eigenvalue weighted by Gasteiger charge is -2.28. The number of carbonyl (C=O) groups excluding carboxylic acids is 1. The average molecular weight is 340 g/mol. The van der Waals surface area contributed by atoms with Crippen molar-refractivity contribution in [3.05, 3.63) is 34.9 Å². The van der Waals surface area contributed by atoms with E-state index in [1.54, 1.807) is 13.8 Å². The molecule has 1 saturated carbocycles. The van der Waals surface area contributed by atoms with Crippen molar-refractivity contribution < 1.29 is 19.4 Å². The molecule has 2 unspecified atom stereocenters. The Morgan fingerprint density at radius 3 is 2.84 bits per heavy atom. The molecule has 0 spiro atoms. The minimum absolute atomic E-state index is 0.0396. The Kier molecular flexibility index (Phi) is 3.50. The van der Waals surface area contributed by atoms with Gasteiger partial charge in [0.2, 0.25) is 0 Å². The largest absolute Gasteiger partial charge is 0.514 e. The van der Waals surface area contributed by atoms with Crippen LogP contribution in [0.25, 0.3) is 10.8 Å². The molecule has 132 valence electrons. The Morgan fingerprint density at radius 2 is 2.12 bits per heavy atom. The summed E-state index contributed by atoms with van der Waals surface area (Å²) in [5.74, 6) is 1.26. The Labute approximate surface area is 147 Å². The maximum atomic E-state index is 12.2. The van der Waals surface area contributed by atoms with Gasteiger partial charge in [-0.2, -0.15) is 0 Å². The number of aryl methyl sites for hydroxylation is 1. The zero-order valence-corrected chi connectivity index (χ0v) is 15.2. The first-order valence-electron chi connectivity index (χ1n) is 8.99. The average Bonchev–Trinajstić information content (AvgIpc) is 3.04. The highest BCUT2D eigenvalue weighted by atomic mass is 16.7. The van der Waals surface area contributed by atoms with E-state index in [0.717, 1.165) is 46.7 Å². The van der Waals surface area contributed by atoms with Gasteiger partial charge in [0.25, 0.3) is 0 Å². The van der Waals surface area contributed by atoms with E-state index in [0.29, 0.717) is 17.4 Å². The molecule has 0 saturated heterocycles. The second kappa shape index (κ2) is 5.38. The highest BCUT2D eigenvalue weighted by Gasteiger charge is 2.50. The smallest absolute Gasteiger partial charge is 0.507 e. The third-order valence-corrected chi connectivity index (χ3v) is 5.78. The minimum Gasteiger partial charge on any atom is -0.507 e. The monoisotopic (exact) mass is 340 g/mol. The molecule has 2 aromatic carbocycles. The number of benzene rings is 2. The van der Waals surface area contributed by atoms with Crippen LogP contribution in [0.1, 0.15) is 62.6 Å². The number of phenolic OH excluding ortho intramolecular Hbond substituents is 1. The first kappa shape index (κ1) is 16.2. The van der Waals surface area contributed by atoms with Crippen molar-refractivity contribution in [1.82, 2.24) is 0 Å². The van der Waals surface area contributed by atoms with Gasteiger partial charge in [0.05, 0.1) is 6.10 Å². The molecule has 1 fully saturated rings. The maximum Gasteiger partial charge on any atom is 0.514 e. The van der Waals surface area contributed by atoms with Crippen LogP contribution in [0.3, 0.4) is 0 Å². The summed E-state index contributed by atoms with van der Waals surface area (Å²) in [6, 6.07) is 5.80. The molecule has 2 bridgehead atoms. The summed E-state index contributed by atoms with van der Waals surface area (Å²) in [6.45, 7) is 7.78. The Hall–Kier alpha value is -2.23. The van der Waals surface area contributed by atoms with Gasteiger partial charge in [-0.25, -0.2) is 4.79 Å². The van der Waals surface area contributed by atoms with Gasteiger partial charge in [-0.3, -0.25) is 0 Å². The van der Waals surface area contributed by atoms with Crippen LogP contribution in [0, 0.1) is 6.92 Å². The van der Waals surface area contributed by atoms with Crippen LogP contribution in [0.2, 0.25) is 0 Å².